The third-order valence-electron chi connectivity index (χ3n) is 5.04. The minimum absolute atomic E-state index is 0.117. The van der Waals surface area contributed by atoms with Crippen LogP contribution in [0, 0.1) is 5.92 Å². The molecule has 0 bridgehead atoms. The number of likely N-dealkylation sites (tertiary alicyclic amines) is 2. The van der Waals surface area contributed by atoms with Crippen molar-refractivity contribution in [1.29, 1.82) is 0 Å². The molecule has 3 rings (SSSR count). The molecule has 5 heteroatoms. The Hall–Kier alpha value is -0.650. The van der Waals surface area contributed by atoms with Crippen LogP contribution >= 0.6 is 0 Å². The molecule has 0 aromatic rings. The van der Waals surface area contributed by atoms with Gasteiger partial charge in [-0.3, -0.25) is 9.69 Å². The van der Waals surface area contributed by atoms with Gasteiger partial charge in [-0.1, -0.05) is 0 Å². The van der Waals surface area contributed by atoms with Crippen LogP contribution in [0.2, 0.25) is 0 Å². The van der Waals surface area contributed by atoms with Crippen LogP contribution < -0.4 is 0 Å². The maximum absolute atomic E-state index is 12.2. The van der Waals surface area contributed by atoms with E-state index in [0.29, 0.717) is 12.5 Å². The van der Waals surface area contributed by atoms with Crippen molar-refractivity contribution >= 4 is 5.91 Å². The molecule has 0 radical (unpaired) electrons. The molecule has 3 saturated heterocycles. The lowest BCUT2D eigenvalue weighted by atomic mass is 10.0. The molecule has 5 nitrogen and oxygen atoms in total. The molecule has 0 aromatic heterocycles. The Bertz CT molecular complexity index is 338. The second-order valence-corrected chi connectivity index (χ2v) is 6.42. The first kappa shape index (κ1) is 14.3. The van der Waals surface area contributed by atoms with Crippen molar-refractivity contribution < 1.29 is 14.6 Å². The second kappa shape index (κ2) is 6.41. The second-order valence-electron chi connectivity index (χ2n) is 6.42. The third kappa shape index (κ3) is 3.15. The molecular weight excluding hydrogens is 256 g/mol. The Kier molecular flexibility index (Phi) is 4.58. The van der Waals surface area contributed by atoms with Gasteiger partial charge in [0.1, 0.15) is 0 Å². The molecule has 3 fully saturated rings. The molecule has 1 N–H and O–H groups in total. The number of aliphatic hydroxyl groups is 1. The van der Waals surface area contributed by atoms with Gasteiger partial charge >= 0.3 is 0 Å². The van der Waals surface area contributed by atoms with E-state index in [-0.39, 0.29) is 17.9 Å². The Morgan fingerprint density at radius 3 is 2.55 bits per heavy atom. The highest BCUT2D eigenvalue weighted by molar-refractivity contribution is 5.76. The fourth-order valence-corrected chi connectivity index (χ4v) is 3.76. The van der Waals surface area contributed by atoms with Crippen molar-refractivity contribution in [2.75, 3.05) is 39.4 Å². The predicted octanol–water partition coefficient (Wildman–Crippen LogP) is 0.471. The number of aliphatic hydroxyl groups excluding tert-OH is 1. The molecule has 0 aromatic carbocycles. The summed E-state index contributed by atoms with van der Waals surface area (Å²) in [6.07, 6.45) is 4.55. The normalized spacial score (nSPS) is 33.0. The van der Waals surface area contributed by atoms with Crippen molar-refractivity contribution in [3.63, 3.8) is 0 Å². The highest BCUT2D eigenvalue weighted by Gasteiger charge is 2.37. The van der Waals surface area contributed by atoms with Gasteiger partial charge in [0, 0.05) is 57.8 Å². The van der Waals surface area contributed by atoms with E-state index >= 15 is 0 Å². The van der Waals surface area contributed by atoms with E-state index in [2.05, 4.69) is 4.90 Å². The number of nitrogens with zero attached hydrogens (tertiary/aromatic N) is 2. The third-order valence-corrected chi connectivity index (χ3v) is 5.04. The van der Waals surface area contributed by atoms with Gasteiger partial charge in [-0.25, -0.2) is 0 Å². The number of rotatable bonds is 3. The van der Waals surface area contributed by atoms with E-state index < -0.39 is 0 Å². The van der Waals surface area contributed by atoms with Gasteiger partial charge in [-0.15, -0.1) is 0 Å². The summed E-state index contributed by atoms with van der Waals surface area (Å²) in [5.41, 5.74) is 0. The molecule has 0 spiro atoms. The van der Waals surface area contributed by atoms with Crippen molar-refractivity contribution in [3.05, 3.63) is 0 Å². The van der Waals surface area contributed by atoms with E-state index in [9.17, 15) is 9.90 Å². The Balaban J connectivity index is 1.51. The number of hydrogen-bond acceptors (Lipinski definition) is 4. The Morgan fingerprint density at radius 2 is 1.85 bits per heavy atom. The number of carbonyl (C=O) groups is 1. The summed E-state index contributed by atoms with van der Waals surface area (Å²) in [7, 11) is 0. The smallest absolute Gasteiger partial charge is 0.222 e. The minimum Gasteiger partial charge on any atom is -0.391 e. The van der Waals surface area contributed by atoms with Gasteiger partial charge in [-0.05, 0) is 25.7 Å². The quantitative estimate of drug-likeness (QED) is 0.817. The molecule has 0 unspecified atom stereocenters. The number of hydrogen-bond donors (Lipinski definition) is 1. The van der Waals surface area contributed by atoms with E-state index in [0.717, 1.165) is 65.1 Å². The van der Waals surface area contributed by atoms with Gasteiger partial charge in [0.05, 0.1) is 6.10 Å². The fraction of sp³-hybridized carbons (Fsp3) is 0.933. The zero-order valence-electron chi connectivity index (χ0n) is 12.2. The molecule has 1 amide bonds. The fourth-order valence-electron chi connectivity index (χ4n) is 3.76. The zero-order valence-corrected chi connectivity index (χ0v) is 12.2. The standard InChI is InChI=1S/C15H26N2O3/c18-14-11-17(13-3-7-20-8-4-13)10-12(14)9-15(19)16-5-1-2-6-16/h12-14,18H,1-11H2/t12-,14-/m0/s1. The van der Waals surface area contributed by atoms with E-state index in [1.54, 1.807) is 0 Å². The molecule has 3 aliphatic heterocycles. The average molecular weight is 282 g/mol. The van der Waals surface area contributed by atoms with Gasteiger partial charge in [0.15, 0.2) is 0 Å². The summed E-state index contributed by atoms with van der Waals surface area (Å²) in [6, 6.07) is 0.533. The van der Waals surface area contributed by atoms with Crippen molar-refractivity contribution in [3.8, 4) is 0 Å². The maximum Gasteiger partial charge on any atom is 0.222 e. The highest BCUT2D eigenvalue weighted by Crippen LogP contribution is 2.27. The van der Waals surface area contributed by atoms with E-state index in [1.165, 1.54) is 0 Å². The first-order chi connectivity index (χ1) is 9.74. The van der Waals surface area contributed by atoms with Crippen LogP contribution in [-0.2, 0) is 9.53 Å². The van der Waals surface area contributed by atoms with Crippen molar-refractivity contribution in [1.82, 2.24) is 9.80 Å². The molecule has 3 heterocycles. The number of β-amino-alcohol motifs (C(OH)–C–C–N with tert-alkyl or cyclic N) is 1. The summed E-state index contributed by atoms with van der Waals surface area (Å²) in [4.78, 5) is 16.5. The molecular formula is C15H26N2O3. The molecule has 114 valence electrons. The highest BCUT2D eigenvalue weighted by atomic mass is 16.5. The zero-order chi connectivity index (χ0) is 13.9. The Labute approximate surface area is 120 Å². The Morgan fingerprint density at radius 1 is 1.15 bits per heavy atom. The van der Waals surface area contributed by atoms with Crippen LogP contribution in [0.15, 0.2) is 0 Å². The summed E-state index contributed by atoms with van der Waals surface area (Å²) >= 11 is 0. The van der Waals surface area contributed by atoms with Crippen LogP contribution in [0.1, 0.15) is 32.1 Å². The van der Waals surface area contributed by atoms with Crippen molar-refractivity contribution in [2.45, 2.75) is 44.2 Å². The summed E-state index contributed by atoms with van der Waals surface area (Å²) in [6.45, 7) is 5.06. The first-order valence-corrected chi connectivity index (χ1v) is 8.01. The summed E-state index contributed by atoms with van der Waals surface area (Å²) < 4.78 is 5.40. The molecule has 20 heavy (non-hydrogen) atoms. The van der Waals surface area contributed by atoms with E-state index in [1.807, 2.05) is 4.90 Å². The largest absolute Gasteiger partial charge is 0.391 e. The molecule has 3 aliphatic rings. The van der Waals surface area contributed by atoms with Gasteiger partial charge < -0.3 is 14.7 Å². The van der Waals surface area contributed by atoms with Crippen LogP contribution in [-0.4, -0.2) is 72.4 Å². The van der Waals surface area contributed by atoms with Crippen LogP contribution in [0.3, 0.4) is 0 Å². The van der Waals surface area contributed by atoms with Crippen LogP contribution in [0.25, 0.3) is 0 Å². The van der Waals surface area contributed by atoms with Crippen LogP contribution in [0.5, 0.6) is 0 Å². The van der Waals surface area contributed by atoms with Gasteiger partial charge in [-0.2, -0.15) is 0 Å². The van der Waals surface area contributed by atoms with Crippen LogP contribution in [0.4, 0.5) is 0 Å². The number of amides is 1. The summed E-state index contributed by atoms with van der Waals surface area (Å²) in [5.74, 6) is 0.353. The minimum atomic E-state index is -0.343. The topological polar surface area (TPSA) is 53.0 Å². The average Bonchev–Trinajstić information content (AvgIpc) is 3.10. The molecule has 0 aliphatic carbocycles. The van der Waals surface area contributed by atoms with E-state index in [4.69, 9.17) is 4.74 Å². The monoisotopic (exact) mass is 282 g/mol. The first-order valence-electron chi connectivity index (χ1n) is 8.01. The SMILES string of the molecule is O=C(C[C@H]1CN(C2CCOCC2)C[C@@H]1O)N1CCCC1. The lowest BCUT2D eigenvalue weighted by molar-refractivity contribution is -0.131. The number of carbonyl (C=O) groups excluding carboxylic acids is 1. The molecule has 2 atom stereocenters. The predicted molar refractivity (Wildman–Crippen MR) is 75.3 cm³/mol. The lowest BCUT2D eigenvalue weighted by Gasteiger charge is -2.30. The summed E-state index contributed by atoms with van der Waals surface area (Å²) in [5, 5.41) is 10.2. The molecule has 0 saturated carbocycles. The maximum atomic E-state index is 12.2. The lowest BCUT2D eigenvalue weighted by Crippen LogP contribution is -2.38. The van der Waals surface area contributed by atoms with Crippen molar-refractivity contribution in [2.24, 2.45) is 5.92 Å². The number of ether oxygens (including phenoxy) is 1. The van der Waals surface area contributed by atoms with Gasteiger partial charge in [0.25, 0.3) is 0 Å². The van der Waals surface area contributed by atoms with Gasteiger partial charge in [0.2, 0.25) is 5.91 Å².